The van der Waals surface area contributed by atoms with Gasteiger partial charge in [0.05, 0.1) is 11.3 Å². The molecule has 2 rings (SSSR count). The highest BCUT2D eigenvalue weighted by Crippen LogP contribution is 2.31. The van der Waals surface area contributed by atoms with Gasteiger partial charge in [-0.1, -0.05) is 18.2 Å². The number of hydrogen-bond acceptors (Lipinski definition) is 3. The van der Waals surface area contributed by atoms with Crippen LogP contribution in [-0.4, -0.2) is 28.3 Å². The van der Waals surface area contributed by atoms with Crippen molar-refractivity contribution >= 4 is 5.91 Å². The zero-order valence-electron chi connectivity index (χ0n) is 11.8. The Bertz CT molecular complexity index is 652. The number of carbonyl (C=O) groups is 1. The lowest BCUT2D eigenvalue weighted by molar-refractivity contribution is -0.141. The molecule has 3 N–H and O–H groups in total. The molecule has 1 unspecified atom stereocenters. The van der Waals surface area contributed by atoms with E-state index in [-0.39, 0.29) is 6.54 Å². The monoisotopic (exact) mass is 312 g/mol. The Labute approximate surface area is 124 Å². The molecule has 1 amide bonds. The lowest BCUT2D eigenvalue weighted by Gasteiger charge is -2.11. The predicted molar refractivity (Wildman–Crippen MR) is 74.5 cm³/mol. The molecule has 22 heavy (non-hydrogen) atoms. The third kappa shape index (κ3) is 3.45. The van der Waals surface area contributed by atoms with Crippen LogP contribution in [-0.2, 0) is 6.18 Å². The molecule has 118 valence electrons. The quantitative estimate of drug-likeness (QED) is 0.906. The second kappa shape index (κ2) is 6.18. The number of nitrogens with two attached hydrogens (primary N) is 1. The molecular weight excluding hydrogens is 297 g/mol. The molecule has 0 saturated heterocycles. The first-order valence-corrected chi connectivity index (χ1v) is 6.56. The van der Waals surface area contributed by atoms with Crippen molar-refractivity contribution in [1.82, 2.24) is 15.1 Å². The standard InChI is InChI=1S/C14H15F3N4O/c1-9(7-18)19-13(22)11-8-21(10-5-3-2-4-6-10)20-12(11)14(15,16)17/h2-6,8-9H,7,18H2,1H3,(H,19,22). The number of hydrogen-bond donors (Lipinski definition) is 2. The topological polar surface area (TPSA) is 72.9 Å². The lowest BCUT2D eigenvalue weighted by atomic mass is 10.2. The number of para-hydroxylation sites is 1. The molecule has 1 atom stereocenters. The predicted octanol–water partition coefficient (Wildman–Crippen LogP) is 1.97. The minimum Gasteiger partial charge on any atom is -0.348 e. The van der Waals surface area contributed by atoms with E-state index >= 15 is 0 Å². The lowest BCUT2D eigenvalue weighted by Crippen LogP contribution is -2.38. The maximum Gasteiger partial charge on any atom is 0.435 e. The molecule has 1 heterocycles. The number of rotatable bonds is 4. The van der Waals surface area contributed by atoms with Crippen LogP contribution in [0.1, 0.15) is 23.0 Å². The van der Waals surface area contributed by atoms with Crippen molar-refractivity contribution < 1.29 is 18.0 Å². The second-order valence-corrected chi connectivity index (χ2v) is 4.78. The highest BCUT2D eigenvalue weighted by atomic mass is 19.4. The van der Waals surface area contributed by atoms with Crippen molar-refractivity contribution in [3.05, 3.63) is 47.8 Å². The van der Waals surface area contributed by atoms with Crippen molar-refractivity contribution in [2.75, 3.05) is 6.54 Å². The number of carbonyl (C=O) groups excluding carboxylic acids is 1. The van der Waals surface area contributed by atoms with E-state index in [0.717, 1.165) is 10.9 Å². The van der Waals surface area contributed by atoms with E-state index in [4.69, 9.17) is 5.73 Å². The van der Waals surface area contributed by atoms with Gasteiger partial charge < -0.3 is 11.1 Å². The van der Waals surface area contributed by atoms with Crippen LogP contribution >= 0.6 is 0 Å². The number of benzene rings is 1. The van der Waals surface area contributed by atoms with E-state index in [0.29, 0.717) is 5.69 Å². The van der Waals surface area contributed by atoms with Crippen LogP contribution in [0.2, 0.25) is 0 Å². The van der Waals surface area contributed by atoms with Gasteiger partial charge in [-0.3, -0.25) is 4.79 Å². The van der Waals surface area contributed by atoms with Gasteiger partial charge in [-0.05, 0) is 19.1 Å². The first-order valence-electron chi connectivity index (χ1n) is 6.56. The van der Waals surface area contributed by atoms with Gasteiger partial charge in [0.15, 0.2) is 5.69 Å². The highest BCUT2D eigenvalue weighted by Gasteiger charge is 2.39. The van der Waals surface area contributed by atoms with Crippen molar-refractivity contribution in [2.24, 2.45) is 5.73 Å². The van der Waals surface area contributed by atoms with E-state index in [1.807, 2.05) is 0 Å². The van der Waals surface area contributed by atoms with Crippen molar-refractivity contribution in [3.63, 3.8) is 0 Å². The SMILES string of the molecule is CC(CN)NC(=O)c1cn(-c2ccccc2)nc1C(F)(F)F. The van der Waals surface area contributed by atoms with Crippen LogP contribution in [0.4, 0.5) is 13.2 Å². The summed E-state index contributed by atoms with van der Waals surface area (Å²) < 4.78 is 40.3. The van der Waals surface area contributed by atoms with Gasteiger partial charge >= 0.3 is 6.18 Å². The third-order valence-corrected chi connectivity index (χ3v) is 2.98. The molecule has 0 spiro atoms. The number of nitrogens with one attached hydrogen (secondary N) is 1. The Morgan fingerprint density at radius 1 is 1.36 bits per heavy atom. The Morgan fingerprint density at radius 3 is 2.55 bits per heavy atom. The Kier molecular flexibility index (Phi) is 4.51. The maximum absolute atomic E-state index is 13.1. The van der Waals surface area contributed by atoms with Gasteiger partial charge in [0.1, 0.15) is 0 Å². The van der Waals surface area contributed by atoms with Crippen LogP contribution in [0, 0.1) is 0 Å². The van der Waals surface area contributed by atoms with Crippen LogP contribution in [0.25, 0.3) is 5.69 Å². The average molecular weight is 312 g/mol. The molecule has 0 aliphatic carbocycles. The highest BCUT2D eigenvalue weighted by molar-refractivity contribution is 5.95. The van der Waals surface area contributed by atoms with Gasteiger partial charge in [0.25, 0.3) is 5.91 Å². The smallest absolute Gasteiger partial charge is 0.348 e. The largest absolute Gasteiger partial charge is 0.435 e. The maximum atomic E-state index is 13.1. The summed E-state index contributed by atoms with van der Waals surface area (Å²) in [6, 6.07) is 7.82. The van der Waals surface area contributed by atoms with Crippen LogP contribution < -0.4 is 11.1 Å². The molecule has 5 nitrogen and oxygen atoms in total. The average Bonchev–Trinajstić information content (AvgIpc) is 2.93. The van der Waals surface area contributed by atoms with Gasteiger partial charge in [-0.25, -0.2) is 4.68 Å². The summed E-state index contributed by atoms with van der Waals surface area (Å²) >= 11 is 0. The molecular formula is C14H15F3N4O. The number of aromatic nitrogens is 2. The molecule has 0 saturated carbocycles. The summed E-state index contributed by atoms with van der Waals surface area (Å²) in [6.07, 6.45) is -3.66. The Morgan fingerprint density at radius 2 is 2.00 bits per heavy atom. The summed E-state index contributed by atoms with van der Waals surface area (Å²) in [5.74, 6) is -0.854. The zero-order valence-corrected chi connectivity index (χ0v) is 11.8. The summed E-state index contributed by atoms with van der Waals surface area (Å²) in [7, 11) is 0. The van der Waals surface area contributed by atoms with Gasteiger partial charge in [0.2, 0.25) is 0 Å². The molecule has 1 aromatic carbocycles. The van der Waals surface area contributed by atoms with Gasteiger partial charge in [-0.2, -0.15) is 18.3 Å². The first kappa shape index (κ1) is 16.0. The molecule has 0 radical (unpaired) electrons. The Balaban J connectivity index is 2.44. The number of alkyl halides is 3. The van der Waals surface area contributed by atoms with E-state index in [1.54, 1.807) is 37.3 Å². The van der Waals surface area contributed by atoms with E-state index in [1.165, 1.54) is 0 Å². The fourth-order valence-corrected chi connectivity index (χ4v) is 1.82. The van der Waals surface area contributed by atoms with Crippen molar-refractivity contribution in [2.45, 2.75) is 19.1 Å². The summed E-state index contributed by atoms with van der Waals surface area (Å²) in [5, 5.41) is 5.91. The van der Waals surface area contributed by atoms with Crippen molar-refractivity contribution in [3.8, 4) is 5.69 Å². The molecule has 0 aliphatic rings. The van der Waals surface area contributed by atoms with E-state index in [9.17, 15) is 18.0 Å². The van der Waals surface area contributed by atoms with Gasteiger partial charge in [-0.15, -0.1) is 0 Å². The molecule has 0 aliphatic heterocycles. The summed E-state index contributed by atoms with van der Waals surface area (Å²) in [5.41, 5.74) is 4.04. The second-order valence-electron chi connectivity index (χ2n) is 4.78. The zero-order chi connectivity index (χ0) is 16.3. The molecule has 0 fully saturated rings. The van der Waals surface area contributed by atoms with Crippen LogP contribution in [0.3, 0.4) is 0 Å². The van der Waals surface area contributed by atoms with E-state index in [2.05, 4.69) is 10.4 Å². The minimum atomic E-state index is -4.72. The fourth-order valence-electron chi connectivity index (χ4n) is 1.82. The normalized spacial score (nSPS) is 13.0. The van der Waals surface area contributed by atoms with Crippen LogP contribution in [0.5, 0.6) is 0 Å². The molecule has 8 heteroatoms. The Hall–Kier alpha value is -2.35. The molecule has 0 bridgehead atoms. The fraction of sp³-hybridized carbons (Fsp3) is 0.286. The van der Waals surface area contributed by atoms with Gasteiger partial charge in [0, 0.05) is 18.8 Å². The van der Waals surface area contributed by atoms with E-state index < -0.39 is 29.4 Å². The molecule has 2 aromatic rings. The number of amides is 1. The van der Waals surface area contributed by atoms with Crippen LogP contribution in [0.15, 0.2) is 36.5 Å². The molecule has 1 aromatic heterocycles. The summed E-state index contributed by atoms with van der Waals surface area (Å²) in [4.78, 5) is 12.0. The summed E-state index contributed by atoms with van der Waals surface area (Å²) in [6.45, 7) is 1.73. The number of nitrogens with zero attached hydrogens (tertiary/aromatic N) is 2. The minimum absolute atomic E-state index is 0.125. The first-order chi connectivity index (χ1) is 10.3. The number of halogens is 3. The third-order valence-electron chi connectivity index (χ3n) is 2.98. The van der Waals surface area contributed by atoms with Crippen molar-refractivity contribution in [1.29, 1.82) is 0 Å².